The molecule has 0 atom stereocenters. The van der Waals surface area contributed by atoms with Crippen LogP contribution >= 0.6 is 11.6 Å². The number of rotatable bonds is 4. The third kappa shape index (κ3) is 2.84. The highest BCUT2D eigenvalue weighted by atomic mass is 35.5. The Kier molecular flexibility index (Phi) is 3.96. The summed E-state index contributed by atoms with van der Waals surface area (Å²) in [6.07, 6.45) is 0. The van der Waals surface area contributed by atoms with E-state index in [4.69, 9.17) is 16.3 Å². The highest BCUT2D eigenvalue weighted by Gasteiger charge is 2.18. The van der Waals surface area contributed by atoms with Crippen LogP contribution < -0.4 is 9.46 Å². The summed E-state index contributed by atoms with van der Waals surface area (Å²) in [7, 11) is -2.10. The number of benzene rings is 1. The van der Waals surface area contributed by atoms with E-state index >= 15 is 0 Å². The SMILES string of the molecule is CCNS(=O)(=O)c1ccc(Cl)cc1OC. The van der Waals surface area contributed by atoms with Crippen LogP contribution in [0, 0.1) is 0 Å². The minimum atomic E-state index is -3.50. The van der Waals surface area contributed by atoms with E-state index in [1.807, 2.05) is 0 Å². The predicted molar refractivity (Wildman–Crippen MR) is 58.9 cm³/mol. The van der Waals surface area contributed by atoms with Crippen LogP contribution in [-0.4, -0.2) is 22.1 Å². The molecule has 0 bridgehead atoms. The van der Waals surface area contributed by atoms with Crippen LogP contribution in [0.2, 0.25) is 5.02 Å². The summed E-state index contributed by atoms with van der Waals surface area (Å²) in [6, 6.07) is 4.39. The van der Waals surface area contributed by atoms with Crippen molar-refractivity contribution in [2.45, 2.75) is 11.8 Å². The first-order chi connectivity index (χ1) is 7.01. The fourth-order valence-electron chi connectivity index (χ4n) is 1.13. The molecular formula is C9H12ClNO3S. The fraction of sp³-hybridized carbons (Fsp3) is 0.333. The Morgan fingerprint density at radius 3 is 2.67 bits per heavy atom. The van der Waals surface area contributed by atoms with Crippen molar-refractivity contribution in [1.29, 1.82) is 0 Å². The maximum absolute atomic E-state index is 11.7. The Labute approximate surface area is 94.3 Å². The Balaban J connectivity index is 3.25. The van der Waals surface area contributed by atoms with Crippen molar-refractivity contribution in [3.8, 4) is 5.75 Å². The van der Waals surface area contributed by atoms with Gasteiger partial charge in [-0.05, 0) is 12.1 Å². The number of methoxy groups -OCH3 is 1. The number of halogens is 1. The average molecular weight is 250 g/mol. The van der Waals surface area contributed by atoms with Gasteiger partial charge in [-0.2, -0.15) is 0 Å². The van der Waals surface area contributed by atoms with Crippen LogP contribution in [0.15, 0.2) is 23.1 Å². The normalized spacial score (nSPS) is 11.4. The van der Waals surface area contributed by atoms with Crippen LogP contribution in [0.5, 0.6) is 5.75 Å². The summed E-state index contributed by atoms with van der Waals surface area (Å²) in [5, 5.41) is 0.433. The molecule has 0 unspecified atom stereocenters. The van der Waals surface area contributed by atoms with Gasteiger partial charge in [0.1, 0.15) is 10.6 Å². The molecule has 0 saturated heterocycles. The van der Waals surface area contributed by atoms with Gasteiger partial charge < -0.3 is 4.74 Å². The highest BCUT2D eigenvalue weighted by Crippen LogP contribution is 2.26. The molecule has 0 aliphatic rings. The van der Waals surface area contributed by atoms with E-state index in [1.165, 1.54) is 25.3 Å². The molecule has 15 heavy (non-hydrogen) atoms. The molecule has 4 nitrogen and oxygen atoms in total. The molecule has 0 aliphatic carbocycles. The lowest BCUT2D eigenvalue weighted by atomic mass is 10.3. The zero-order valence-corrected chi connectivity index (χ0v) is 10.0. The molecule has 0 spiro atoms. The highest BCUT2D eigenvalue weighted by molar-refractivity contribution is 7.89. The number of nitrogens with one attached hydrogen (secondary N) is 1. The van der Waals surface area contributed by atoms with Crippen molar-refractivity contribution in [1.82, 2.24) is 4.72 Å². The zero-order valence-electron chi connectivity index (χ0n) is 8.45. The minimum Gasteiger partial charge on any atom is -0.495 e. The Morgan fingerprint density at radius 1 is 1.47 bits per heavy atom. The van der Waals surface area contributed by atoms with Crippen molar-refractivity contribution < 1.29 is 13.2 Å². The van der Waals surface area contributed by atoms with Gasteiger partial charge in [0.15, 0.2) is 0 Å². The molecule has 1 N–H and O–H groups in total. The van der Waals surface area contributed by atoms with Crippen LogP contribution in [0.25, 0.3) is 0 Å². The molecule has 1 aromatic carbocycles. The van der Waals surface area contributed by atoms with Crippen molar-refractivity contribution in [2.24, 2.45) is 0 Å². The average Bonchev–Trinajstić information content (AvgIpc) is 2.17. The van der Waals surface area contributed by atoms with E-state index in [1.54, 1.807) is 6.92 Å². The lowest BCUT2D eigenvalue weighted by Gasteiger charge is -2.09. The van der Waals surface area contributed by atoms with Gasteiger partial charge in [-0.3, -0.25) is 0 Å². The van der Waals surface area contributed by atoms with Gasteiger partial charge in [-0.1, -0.05) is 18.5 Å². The van der Waals surface area contributed by atoms with E-state index in [2.05, 4.69) is 4.72 Å². The monoisotopic (exact) mass is 249 g/mol. The van der Waals surface area contributed by atoms with Crippen LogP contribution in [0.3, 0.4) is 0 Å². The molecule has 1 rings (SSSR count). The molecule has 6 heteroatoms. The first-order valence-electron chi connectivity index (χ1n) is 4.34. The summed E-state index contributed by atoms with van der Waals surface area (Å²) in [5.74, 6) is 0.239. The summed E-state index contributed by atoms with van der Waals surface area (Å²) in [6.45, 7) is 2.04. The van der Waals surface area contributed by atoms with Crippen molar-refractivity contribution in [2.75, 3.05) is 13.7 Å². The predicted octanol–water partition coefficient (Wildman–Crippen LogP) is 1.65. The van der Waals surface area contributed by atoms with Crippen LogP contribution in [-0.2, 0) is 10.0 Å². The number of hydrogen-bond acceptors (Lipinski definition) is 3. The van der Waals surface area contributed by atoms with Crippen molar-refractivity contribution in [3.63, 3.8) is 0 Å². The summed E-state index contributed by atoms with van der Waals surface area (Å²) >= 11 is 5.73. The molecular weight excluding hydrogens is 238 g/mol. The molecule has 0 amide bonds. The van der Waals surface area contributed by atoms with Crippen molar-refractivity contribution >= 4 is 21.6 Å². The standard InChI is InChI=1S/C9H12ClNO3S/c1-3-11-15(12,13)9-5-4-7(10)6-8(9)14-2/h4-6,11H,3H2,1-2H3. The van der Waals surface area contributed by atoms with Gasteiger partial charge in [0.2, 0.25) is 10.0 Å². The maximum Gasteiger partial charge on any atom is 0.244 e. The Bertz CT molecular complexity index is 445. The van der Waals surface area contributed by atoms with Crippen LogP contribution in [0.4, 0.5) is 0 Å². The second-order valence-corrected chi connectivity index (χ2v) is 4.97. The fourth-order valence-corrected chi connectivity index (χ4v) is 2.48. The minimum absolute atomic E-state index is 0.0938. The van der Waals surface area contributed by atoms with Gasteiger partial charge in [0, 0.05) is 17.6 Å². The first kappa shape index (κ1) is 12.3. The number of sulfonamides is 1. The largest absolute Gasteiger partial charge is 0.495 e. The van der Waals surface area contributed by atoms with Gasteiger partial charge in [-0.15, -0.1) is 0 Å². The van der Waals surface area contributed by atoms with Gasteiger partial charge in [0.25, 0.3) is 0 Å². The third-order valence-corrected chi connectivity index (χ3v) is 3.57. The maximum atomic E-state index is 11.7. The van der Waals surface area contributed by atoms with Gasteiger partial charge in [-0.25, -0.2) is 13.1 Å². The Morgan fingerprint density at radius 2 is 2.13 bits per heavy atom. The molecule has 1 aromatic rings. The third-order valence-electron chi connectivity index (χ3n) is 1.75. The van der Waals surface area contributed by atoms with Crippen LogP contribution in [0.1, 0.15) is 6.92 Å². The molecule has 0 aromatic heterocycles. The first-order valence-corrected chi connectivity index (χ1v) is 6.20. The lowest BCUT2D eigenvalue weighted by molar-refractivity contribution is 0.402. The smallest absolute Gasteiger partial charge is 0.244 e. The van der Waals surface area contributed by atoms with Gasteiger partial charge in [0.05, 0.1) is 7.11 Å². The summed E-state index contributed by atoms with van der Waals surface area (Å²) in [5.41, 5.74) is 0. The number of hydrogen-bond donors (Lipinski definition) is 1. The summed E-state index contributed by atoms with van der Waals surface area (Å²) in [4.78, 5) is 0.0938. The second-order valence-electron chi connectivity index (χ2n) is 2.80. The number of ether oxygens (including phenoxy) is 1. The second kappa shape index (κ2) is 4.83. The summed E-state index contributed by atoms with van der Waals surface area (Å²) < 4.78 is 30.7. The lowest BCUT2D eigenvalue weighted by Crippen LogP contribution is -2.23. The van der Waals surface area contributed by atoms with Gasteiger partial charge >= 0.3 is 0 Å². The van der Waals surface area contributed by atoms with E-state index in [0.717, 1.165) is 0 Å². The van der Waals surface area contributed by atoms with E-state index in [0.29, 0.717) is 11.6 Å². The van der Waals surface area contributed by atoms with E-state index in [9.17, 15) is 8.42 Å². The molecule has 0 fully saturated rings. The molecule has 0 heterocycles. The molecule has 84 valence electrons. The quantitative estimate of drug-likeness (QED) is 0.883. The topological polar surface area (TPSA) is 55.4 Å². The van der Waals surface area contributed by atoms with E-state index < -0.39 is 10.0 Å². The molecule has 0 radical (unpaired) electrons. The molecule has 0 saturated carbocycles. The molecule has 0 aliphatic heterocycles. The zero-order chi connectivity index (χ0) is 11.5. The Hall–Kier alpha value is -0.780. The van der Waals surface area contributed by atoms with Crippen molar-refractivity contribution in [3.05, 3.63) is 23.2 Å². The van der Waals surface area contributed by atoms with E-state index in [-0.39, 0.29) is 10.6 Å².